The summed E-state index contributed by atoms with van der Waals surface area (Å²) in [5.41, 5.74) is 2.80. The van der Waals surface area contributed by atoms with Crippen molar-refractivity contribution in [2.75, 3.05) is 17.1 Å². The molecule has 3 rings (SSSR count). The van der Waals surface area contributed by atoms with Crippen LogP contribution in [0, 0.1) is 19.7 Å². The number of nitrogens with zero attached hydrogens (tertiary/aromatic N) is 2. The normalized spacial score (nSPS) is 12.5. The van der Waals surface area contributed by atoms with Gasteiger partial charge in [0, 0.05) is 18.5 Å². The van der Waals surface area contributed by atoms with E-state index in [1.54, 1.807) is 31.2 Å². The molecule has 1 N–H and O–H groups in total. The van der Waals surface area contributed by atoms with E-state index in [0.29, 0.717) is 16.8 Å². The Labute approximate surface area is 237 Å². The molecule has 0 aliphatic heterocycles. The topological polar surface area (TPSA) is 86.8 Å². The largest absolute Gasteiger partial charge is 0.350 e. The molecule has 0 unspecified atom stereocenters. The van der Waals surface area contributed by atoms with Crippen molar-refractivity contribution in [1.29, 1.82) is 0 Å². The molecule has 0 heterocycles. The molecule has 1 atom stereocenters. The van der Waals surface area contributed by atoms with E-state index in [1.807, 2.05) is 64.1 Å². The third-order valence-corrected chi connectivity index (χ3v) is 7.47. The number of anilines is 1. The van der Waals surface area contributed by atoms with Crippen molar-refractivity contribution >= 4 is 27.5 Å². The van der Waals surface area contributed by atoms with Crippen molar-refractivity contribution in [3.05, 3.63) is 101 Å². The van der Waals surface area contributed by atoms with Crippen LogP contribution in [0.15, 0.2) is 72.8 Å². The first kappa shape index (κ1) is 30.8. The van der Waals surface area contributed by atoms with Crippen LogP contribution >= 0.6 is 0 Å². The van der Waals surface area contributed by atoms with Gasteiger partial charge in [0.2, 0.25) is 21.8 Å². The summed E-state index contributed by atoms with van der Waals surface area (Å²) in [6.45, 7) is 8.66. The van der Waals surface area contributed by atoms with E-state index in [1.165, 1.54) is 17.0 Å². The van der Waals surface area contributed by atoms with Gasteiger partial charge >= 0.3 is 0 Å². The summed E-state index contributed by atoms with van der Waals surface area (Å²) in [6, 6.07) is 19.4. The molecule has 0 aliphatic carbocycles. The van der Waals surface area contributed by atoms with Crippen molar-refractivity contribution < 1.29 is 22.4 Å². The molecule has 3 aromatic carbocycles. The van der Waals surface area contributed by atoms with Crippen molar-refractivity contribution in [3.8, 4) is 0 Å². The highest BCUT2D eigenvalue weighted by molar-refractivity contribution is 7.92. The standard InChI is InChI=1S/C31H38FN3O4S/c1-22-12-13-23(2)27(18-22)35(40(6,38)39)21-29(36)34(20-25-14-16-26(32)17-15-25)28(30(37)33-31(3,4)5)19-24-10-8-7-9-11-24/h7-18,28H,19-21H2,1-6H3,(H,33,37)/t28-/m1/s1. The van der Waals surface area contributed by atoms with E-state index in [4.69, 9.17) is 0 Å². The van der Waals surface area contributed by atoms with Crippen molar-refractivity contribution in [2.24, 2.45) is 0 Å². The average molecular weight is 568 g/mol. The third-order valence-electron chi connectivity index (χ3n) is 6.35. The number of benzene rings is 3. The number of carbonyl (C=O) groups excluding carboxylic acids is 2. The first-order valence-electron chi connectivity index (χ1n) is 13.1. The zero-order valence-corrected chi connectivity index (χ0v) is 24.8. The molecule has 3 aromatic rings. The van der Waals surface area contributed by atoms with Gasteiger partial charge in [-0.2, -0.15) is 0 Å². The number of amides is 2. The van der Waals surface area contributed by atoms with Gasteiger partial charge in [0.1, 0.15) is 18.4 Å². The number of rotatable bonds is 10. The van der Waals surface area contributed by atoms with Gasteiger partial charge < -0.3 is 10.2 Å². The van der Waals surface area contributed by atoms with Crippen LogP contribution in [-0.2, 0) is 32.6 Å². The van der Waals surface area contributed by atoms with Crippen LogP contribution in [-0.4, -0.2) is 49.5 Å². The fourth-order valence-electron chi connectivity index (χ4n) is 4.38. The van der Waals surface area contributed by atoms with Crippen LogP contribution in [0.25, 0.3) is 0 Å². The van der Waals surface area contributed by atoms with E-state index in [2.05, 4.69) is 5.32 Å². The lowest BCUT2D eigenvalue weighted by Crippen LogP contribution is -2.56. The number of sulfonamides is 1. The number of carbonyl (C=O) groups is 2. The smallest absolute Gasteiger partial charge is 0.244 e. The summed E-state index contributed by atoms with van der Waals surface area (Å²) in [6.07, 6.45) is 1.26. The molecule has 0 saturated heterocycles. The Morgan fingerprint density at radius 3 is 2.12 bits per heavy atom. The Morgan fingerprint density at radius 2 is 1.55 bits per heavy atom. The van der Waals surface area contributed by atoms with Gasteiger partial charge in [0.15, 0.2) is 0 Å². The SMILES string of the molecule is Cc1ccc(C)c(N(CC(=O)N(Cc2ccc(F)cc2)[C@H](Cc2ccccc2)C(=O)NC(C)(C)C)S(C)(=O)=O)c1. The highest BCUT2D eigenvalue weighted by atomic mass is 32.2. The lowest BCUT2D eigenvalue weighted by atomic mass is 10.0. The van der Waals surface area contributed by atoms with Gasteiger partial charge in [-0.25, -0.2) is 12.8 Å². The van der Waals surface area contributed by atoms with E-state index >= 15 is 0 Å². The summed E-state index contributed by atoms with van der Waals surface area (Å²) < 4.78 is 40.7. The lowest BCUT2D eigenvalue weighted by Gasteiger charge is -2.35. The molecule has 7 nitrogen and oxygen atoms in total. The van der Waals surface area contributed by atoms with Gasteiger partial charge in [-0.15, -0.1) is 0 Å². The molecule has 2 amide bonds. The second-order valence-corrected chi connectivity index (χ2v) is 13.1. The minimum absolute atomic E-state index is 0.0153. The van der Waals surface area contributed by atoms with Crippen LogP contribution in [0.5, 0.6) is 0 Å². The number of halogens is 1. The molecule has 0 spiro atoms. The Bertz CT molecular complexity index is 1440. The molecule has 40 heavy (non-hydrogen) atoms. The van der Waals surface area contributed by atoms with Crippen LogP contribution in [0.2, 0.25) is 0 Å². The third kappa shape index (κ3) is 8.64. The quantitative estimate of drug-likeness (QED) is 0.383. The van der Waals surface area contributed by atoms with Crippen molar-refractivity contribution in [2.45, 2.75) is 59.2 Å². The number of hydrogen-bond donors (Lipinski definition) is 1. The minimum atomic E-state index is -3.86. The fourth-order valence-corrected chi connectivity index (χ4v) is 5.28. The average Bonchev–Trinajstić information content (AvgIpc) is 2.86. The fraction of sp³-hybridized carbons (Fsp3) is 0.355. The highest BCUT2D eigenvalue weighted by Crippen LogP contribution is 2.25. The predicted molar refractivity (Wildman–Crippen MR) is 157 cm³/mol. The minimum Gasteiger partial charge on any atom is -0.350 e. The number of aryl methyl sites for hydroxylation is 2. The van der Waals surface area contributed by atoms with E-state index in [9.17, 15) is 22.4 Å². The van der Waals surface area contributed by atoms with Crippen LogP contribution in [0.3, 0.4) is 0 Å². The van der Waals surface area contributed by atoms with E-state index in [0.717, 1.165) is 21.7 Å². The summed E-state index contributed by atoms with van der Waals surface area (Å²) in [5, 5.41) is 2.98. The Kier molecular flexibility index (Phi) is 9.73. The van der Waals surface area contributed by atoms with Crippen molar-refractivity contribution in [3.63, 3.8) is 0 Å². The molecule has 0 radical (unpaired) electrons. The van der Waals surface area contributed by atoms with Gasteiger partial charge in [-0.05, 0) is 75.1 Å². The second-order valence-electron chi connectivity index (χ2n) is 11.2. The monoisotopic (exact) mass is 567 g/mol. The Balaban J connectivity index is 2.09. The zero-order valence-electron chi connectivity index (χ0n) is 23.9. The molecular weight excluding hydrogens is 529 g/mol. The summed E-state index contributed by atoms with van der Waals surface area (Å²) >= 11 is 0. The van der Waals surface area contributed by atoms with Crippen LogP contribution in [0.4, 0.5) is 10.1 Å². The molecule has 214 valence electrons. The Morgan fingerprint density at radius 1 is 0.925 bits per heavy atom. The molecule has 0 saturated carbocycles. The maximum Gasteiger partial charge on any atom is 0.244 e. The van der Waals surface area contributed by atoms with E-state index in [-0.39, 0.29) is 18.9 Å². The summed E-state index contributed by atoms with van der Waals surface area (Å²) in [4.78, 5) is 29.2. The van der Waals surface area contributed by atoms with Crippen LogP contribution < -0.4 is 9.62 Å². The first-order valence-corrected chi connectivity index (χ1v) is 14.9. The van der Waals surface area contributed by atoms with Gasteiger partial charge in [-0.1, -0.05) is 54.6 Å². The maximum atomic E-state index is 14.1. The number of nitrogens with one attached hydrogen (secondary N) is 1. The summed E-state index contributed by atoms with van der Waals surface area (Å²) in [7, 11) is -3.86. The molecule has 9 heteroatoms. The Hall–Kier alpha value is -3.72. The van der Waals surface area contributed by atoms with Crippen molar-refractivity contribution in [1.82, 2.24) is 10.2 Å². The maximum absolute atomic E-state index is 14.1. The number of hydrogen-bond acceptors (Lipinski definition) is 4. The zero-order chi connectivity index (χ0) is 29.7. The first-order chi connectivity index (χ1) is 18.6. The predicted octanol–water partition coefficient (Wildman–Crippen LogP) is 4.76. The molecule has 0 fully saturated rings. The molecule has 0 aromatic heterocycles. The van der Waals surface area contributed by atoms with E-state index < -0.39 is 39.9 Å². The lowest BCUT2D eigenvalue weighted by molar-refractivity contribution is -0.140. The van der Waals surface area contributed by atoms with Gasteiger partial charge in [0.25, 0.3) is 0 Å². The van der Waals surface area contributed by atoms with Gasteiger partial charge in [0.05, 0.1) is 11.9 Å². The molecular formula is C31H38FN3O4S. The summed E-state index contributed by atoms with van der Waals surface area (Å²) in [5.74, 6) is -1.35. The molecule has 0 bridgehead atoms. The van der Waals surface area contributed by atoms with Gasteiger partial charge in [-0.3, -0.25) is 13.9 Å². The second kappa shape index (κ2) is 12.6. The highest BCUT2D eigenvalue weighted by Gasteiger charge is 2.34. The van der Waals surface area contributed by atoms with Crippen LogP contribution in [0.1, 0.15) is 43.0 Å². The molecule has 0 aliphatic rings.